The van der Waals surface area contributed by atoms with Crippen LogP contribution in [0.5, 0.6) is 0 Å². The minimum atomic E-state index is -0.0869. The van der Waals surface area contributed by atoms with E-state index in [1.807, 2.05) is 35.4 Å². The second-order valence-corrected chi connectivity index (χ2v) is 5.16. The van der Waals surface area contributed by atoms with Crippen molar-refractivity contribution in [2.45, 2.75) is 4.90 Å². The highest BCUT2D eigenvalue weighted by molar-refractivity contribution is 7.98. The van der Waals surface area contributed by atoms with Crippen molar-refractivity contribution in [3.05, 3.63) is 24.3 Å². The Morgan fingerprint density at radius 2 is 2.26 bits per heavy atom. The van der Waals surface area contributed by atoms with E-state index in [4.69, 9.17) is 0 Å². The van der Waals surface area contributed by atoms with Crippen LogP contribution in [0, 0.1) is 0 Å². The van der Waals surface area contributed by atoms with Gasteiger partial charge in [-0.3, -0.25) is 14.5 Å². The molecule has 1 aromatic rings. The fourth-order valence-electron chi connectivity index (χ4n) is 1.97. The van der Waals surface area contributed by atoms with E-state index in [2.05, 4.69) is 10.6 Å². The summed E-state index contributed by atoms with van der Waals surface area (Å²) in [6.07, 6.45) is 1.97. The highest BCUT2D eigenvalue weighted by Gasteiger charge is 2.18. The van der Waals surface area contributed by atoms with Crippen molar-refractivity contribution in [1.82, 2.24) is 10.2 Å². The van der Waals surface area contributed by atoms with Crippen LogP contribution in [-0.4, -0.2) is 49.1 Å². The van der Waals surface area contributed by atoms with Crippen molar-refractivity contribution in [3.8, 4) is 0 Å². The molecule has 0 aliphatic carbocycles. The molecule has 0 radical (unpaired) electrons. The van der Waals surface area contributed by atoms with Gasteiger partial charge in [0.25, 0.3) is 0 Å². The Hall–Kier alpha value is -1.53. The molecule has 0 bridgehead atoms. The second-order valence-electron chi connectivity index (χ2n) is 4.31. The average Bonchev–Trinajstić information content (AvgIpc) is 2.39. The maximum atomic E-state index is 12.0. The summed E-state index contributed by atoms with van der Waals surface area (Å²) in [6.45, 7) is 1.85. The SMILES string of the molecule is CSc1ccccc1NC(=O)CN1CCNC(=O)C1. The Bertz CT molecular complexity index is 479. The van der Waals surface area contributed by atoms with Crippen molar-refractivity contribution in [2.24, 2.45) is 0 Å². The third-order valence-electron chi connectivity index (χ3n) is 2.87. The first kappa shape index (κ1) is 13.9. The molecule has 0 saturated carbocycles. The highest BCUT2D eigenvalue weighted by atomic mass is 32.2. The van der Waals surface area contributed by atoms with Crippen molar-refractivity contribution in [1.29, 1.82) is 0 Å². The fourth-order valence-corrected chi connectivity index (χ4v) is 2.52. The molecule has 102 valence electrons. The van der Waals surface area contributed by atoms with Crippen LogP contribution < -0.4 is 10.6 Å². The molecular formula is C13H17N3O2S. The van der Waals surface area contributed by atoms with Gasteiger partial charge in [-0.25, -0.2) is 0 Å². The number of benzene rings is 1. The summed E-state index contributed by atoms with van der Waals surface area (Å²) in [4.78, 5) is 26.1. The molecule has 6 heteroatoms. The minimum Gasteiger partial charge on any atom is -0.354 e. The van der Waals surface area contributed by atoms with E-state index in [-0.39, 0.29) is 24.9 Å². The lowest BCUT2D eigenvalue weighted by Gasteiger charge is -2.25. The quantitative estimate of drug-likeness (QED) is 0.800. The molecule has 2 rings (SSSR count). The molecule has 0 atom stereocenters. The van der Waals surface area contributed by atoms with Crippen LogP contribution >= 0.6 is 11.8 Å². The number of nitrogens with one attached hydrogen (secondary N) is 2. The molecular weight excluding hydrogens is 262 g/mol. The fraction of sp³-hybridized carbons (Fsp3) is 0.385. The molecule has 1 fully saturated rings. The molecule has 0 unspecified atom stereocenters. The van der Waals surface area contributed by atoms with Gasteiger partial charge in [-0.2, -0.15) is 0 Å². The Balaban J connectivity index is 1.92. The van der Waals surface area contributed by atoms with Gasteiger partial charge >= 0.3 is 0 Å². The highest BCUT2D eigenvalue weighted by Crippen LogP contribution is 2.24. The van der Waals surface area contributed by atoms with E-state index in [9.17, 15) is 9.59 Å². The van der Waals surface area contributed by atoms with Crippen molar-refractivity contribution in [2.75, 3.05) is 37.8 Å². The number of para-hydroxylation sites is 1. The Morgan fingerprint density at radius 1 is 1.47 bits per heavy atom. The molecule has 1 saturated heterocycles. The molecule has 5 nitrogen and oxygen atoms in total. The zero-order chi connectivity index (χ0) is 13.7. The third-order valence-corrected chi connectivity index (χ3v) is 3.66. The molecule has 1 aliphatic rings. The number of piperazine rings is 1. The van der Waals surface area contributed by atoms with E-state index in [0.29, 0.717) is 13.1 Å². The first-order valence-corrected chi connectivity index (χ1v) is 7.33. The van der Waals surface area contributed by atoms with Gasteiger partial charge < -0.3 is 10.6 Å². The molecule has 1 heterocycles. The predicted octanol–water partition coefficient (Wildman–Crippen LogP) is 0.779. The van der Waals surface area contributed by atoms with Gasteiger partial charge in [0.05, 0.1) is 18.8 Å². The number of rotatable bonds is 4. The Morgan fingerprint density at radius 3 is 3.00 bits per heavy atom. The van der Waals surface area contributed by atoms with Gasteiger partial charge in [0.2, 0.25) is 11.8 Å². The zero-order valence-electron chi connectivity index (χ0n) is 10.8. The van der Waals surface area contributed by atoms with E-state index in [0.717, 1.165) is 10.6 Å². The number of hydrogen-bond acceptors (Lipinski definition) is 4. The lowest BCUT2D eigenvalue weighted by molar-refractivity contribution is -0.125. The second kappa shape index (κ2) is 6.58. The smallest absolute Gasteiger partial charge is 0.238 e. The topological polar surface area (TPSA) is 61.4 Å². The van der Waals surface area contributed by atoms with Crippen molar-refractivity contribution < 1.29 is 9.59 Å². The number of nitrogens with zero attached hydrogens (tertiary/aromatic N) is 1. The van der Waals surface area contributed by atoms with Gasteiger partial charge in [0.15, 0.2) is 0 Å². The van der Waals surface area contributed by atoms with Gasteiger partial charge in [0, 0.05) is 18.0 Å². The molecule has 2 amide bonds. The third kappa shape index (κ3) is 3.97. The zero-order valence-corrected chi connectivity index (χ0v) is 11.6. The standard InChI is InChI=1S/C13H17N3O2S/c1-19-11-5-3-2-4-10(11)15-13(18)9-16-7-6-14-12(17)8-16/h2-5H,6-9H2,1H3,(H,14,17)(H,15,18). The van der Waals surface area contributed by atoms with Gasteiger partial charge in [-0.1, -0.05) is 12.1 Å². The Kier molecular flexibility index (Phi) is 4.81. The summed E-state index contributed by atoms with van der Waals surface area (Å²) < 4.78 is 0. The van der Waals surface area contributed by atoms with E-state index >= 15 is 0 Å². The molecule has 1 aromatic carbocycles. The van der Waals surface area contributed by atoms with Crippen LogP contribution in [0.25, 0.3) is 0 Å². The summed E-state index contributed by atoms with van der Waals surface area (Å²) >= 11 is 1.59. The number of thioether (sulfide) groups is 1. The first-order valence-electron chi connectivity index (χ1n) is 6.11. The molecule has 2 N–H and O–H groups in total. The van der Waals surface area contributed by atoms with Crippen molar-refractivity contribution >= 4 is 29.3 Å². The predicted molar refractivity (Wildman–Crippen MR) is 76.3 cm³/mol. The van der Waals surface area contributed by atoms with Crippen LogP contribution in [-0.2, 0) is 9.59 Å². The molecule has 1 aliphatic heterocycles. The average molecular weight is 279 g/mol. The van der Waals surface area contributed by atoms with E-state index in [1.54, 1.807) is 11.8 Å². The van der Waals surface area contributed by atoms with E-state index < -0.39 is 0 Å². The summed E-state index contributed by atoms with van der Waals surface area (Å²) in [5, 5.41) is 5.63. The van der Waals surface area contributed by atoms with Crippen LogP contribution in [0.4, 0.5) is 5.69 Å². The first-order chi connectivity index (χ1) is 9.19. The number of anilines is 1. The number of amides is 2. The lowest BCUT2D eigenvalue weighted by atomic mass is 10.3. The van der Waals surface area contributed by atoms with Crippen molar-refractivity contribution in [3.63, 3.8) is 0 Å². The van der Waals surface area contributed by atoms with Crippen LogP contribution in [0.15, 0.2) is 29.2 Å². The number of hydrogen-bond donors (Lipinski definition) is 2. The van der Waals surface area contributed by atoms with Gasteiger partial charge in [-0.05, 0) is 18.4 Å². The normalized spacial score (nSPS) is 15.9. The Labute approximate surface area is 116 Å². The summed E-state index contributed by atoms with van der Waals surface area (Å²) in [7, 11) is 0. The minimum absolute atomic E-state index is 0.0245. The number of carbonyl (C=O) groups is 2. The molecule has 19 heavy (non-hydrogen) atoms. The summed E-state index contributed by atoms with van der Waals surface area (Å²) in [5.74, 6) is -0.111. The van der Waals surface area contributed by atoms with E-state index in [1.165, 1.54) is 0 Å². The number of carbonyl (C=O) groups excluding carboxylic acids is 2. The summed E-state index contributed by atoms with van der Waals surface area (Å²) in [6, 6.07) is 7.68. The largest absolute Gasteiger partial charge is 0.354 e. The lowest BCUT2D eigenvalue weighted by Crippen LogP contribution is -2.49. The van der Waals surface area contributed by atoms with Crippen LogP contribution in [0.3, 0.4) is 0 Å². The monoisotopic (exact) mass is 279 g/mol. The molecule has 0 aromatic heterocycles. The maximum absolute atomic E-state index is 12.0. The summed E-state index contributed by atoms with van der Waals surface area (Å²) in [5.41, 5.74) is 0.821. The van der Waals surface area contributed by atoms with Crippen LogP contribution in [0.2, 0.25) is 0 Å². The van der Waals surface area contributed by atoms with Gasteiger partial charge in [0.1, 0.15) is 0 Å². The van der Waals surface area contributed by atoms with Gasteiger partial charge in [-0.15, -0.1) is 11.8 Å². The van der Waals surface area contributed by atoms with Crippen LogP contribution in [0.1, 0.15) is 0 Å². The molecule has 0 spiro atoms. The maximum Gasteiger partial charge on any atom is 0.238 e.